The number of carbonyl (C=O) groups is 1. The van der Waals surface area contributed by atoms with Crippen LogP contribution in [0.1, 0.15) is 5.56 Å². The molecule has 74 valence electrons. The Morgan fingerprint density at radius 1 is 1.50 bits per heavy atom. The van der Waals surface area contributed by atoms with Crippen molar-refractivity contribution >= 4 is 28.2 Å². The minimum atomic E-state index is 0.384. The molecule has 0 aromatic heterocycles. The van der Waals surface area contributed by atoms with Gasteiger partial charge >= 0.3 is 0 Å². The number of rotatable bonds is 3. The van der Waals surface area contributed by atoms with Gasteiger partial charge in [0.2, 0.25) is 6.41 Å². The van der Waals surface area contributed by atoms with Crippen LogP contribution in [0, 0.1) is 0 Å². The maximum absolute atomic E-state index is 10.3. The minimum Gasteiger partial charge on any atom is -0.397 e. The van der Waals surface area contributed by atoms with Crippen molar-refractivity contribution in [3.63, 3.8) is 0 Å². The average Bonchev–Trinajstić information content (AvgIpc) is 2.19. The quantitative estimate of drug-likeness (QED) is 0.386. The van der Waals surface area contributed by atoms with E-state index in [2.05, 4.69) is 31.2 Å². The van der Waals surface area contributed by atoms with Gasteiger partial charge in [0.25, 0.3) is 0 Å². The van der Waals surface area contributed by atoms with Gasteiger partial charge in [0, 0.05) is 10.0 Å². The van der Waals surface area contributed by atoms with Gasteiger partial charge in [0.15, 0.2) is 5.84 Å². The summed E-state index contributed by atoms with van der Waals surface area (Å²) in [5, 5.41) is 6.12. The maximum Gasteiger partial charge on any atom is 0.212 e. The molecule has 0 aliphatic heterocycles. The summed E-state index contributed by atoms with van der Waals surface area (Å²) < 4.78 is 0.962. The lowest BCUT2D eigenvalue weighted by Crippen LogP contribution is -2.22. The molecule has 0 bridgehead atoms. The highest BCUT2D eigenvalue weighted by Gasteiger charge is 2.02. The molecule has 4 nitrogen and oxygen atoms in total. The summed E-state index contributed by atoms with van der Waals surface area (Å²) in [4.78, 5) is 14.9. The van der Waals surface area contributed by atoms with Gasteiger partial charge in [-0.05, 0) is 12.1 Å². The second-order valence-electron chi connectivity index (χ2n) is 2.39. The van der Waals surface area contributed by atoms with E-state index in [1.165, 1.54) is 7.11 Å². The zero-order valence-electron chi connectivity index (χ0n) is 7.53. The van der Waals surface area contributed by atoms with Crippen molar-refractivity contribution < 1.29 is 9.63 Å². The molecule has 0 heterocycles. The van der Waals surface area contributed by atoms with Gasteiger partial charge in [-0.3, -0.25) is 4.79 Å². The average molecular weight is 257 g/mol. The highest BCUT2D eigenvalue weighted by atomic mass is 79.9. The molecule has 1 N–H and O–H groups in total. The Kier molecular flexibility index (Phi) is 4.12. The van der Waals surface area contributed by atoms with Crippen molar-refractivity contribution in [1.29, 1.82) is 0 Å². The first-order valence-corrected chi connectivity index (χ1v) is 4.64. The fraction of sp³-hybridized carbons (Fsp3) is 0.111. The number of carbonyl (C=O) groups excluding carboxylic acids is 1. The molecule has 0 radical (unpaired) electrons. The third-order valence-corrected chi connectivity index (χ3v) is 2.02. The van der Waals surface area contributed by atoms with Gasteiger partial charge in [-0.25, -0.2) is 0 Å². The Morgan fingerprint density at radius 3 is 2.64 bits per heavy atom. The third kappa shape index (κ3) is 2.85. The molecule has 0 saturated heterocycles. The maximum atomic E-state index is 10.3. The number of amidine groups is 1. The van der Waals surface area contributed by atoms with Crippen molar-refractivity contribution in [2.45, 2.75) is 0 Å². The molecule has 1 aromatic carbocycles. The van der Waals surface area contributed by atoms with Crippen LogP contribution >= 0.6 is 15.9 Å². The summed E-state index contributed by atoms with van der Waals surface area (Å²) in [6.07, 6.45) is 0.555. The van der Waals surface area contributed by atoms with E-state index in [0.717, 1.165) is 10.0 Å². The van der Waals surface area contributed by atoms with Gasteiger partial charge < -0.3 is 10.2 Å². The number of hydrogen-bond acceptors (Lipinski definition) is 3. The second kappa shape index (κ2) is 5.39. The number of oxime groups is 1. The standard InChI is InChI=1S/C9H9BrN2O2/c1-14-12-9(11-6-13)7-2-4-8(10)5-3-7/h2-6H,1H3,(H,11,12,13). The summed E-state index contributed by atoms with van der Waals surface area (Å²) in [7, 11) is 1.42. The Morgan fingerprint density at radius 2 is 2.14 bits per heavy atom. The highest BCUT2D eigenvalue weighted by Crippen LogP contribution is 2.10. The lowest BCUT2D eigenvalue weighted by atomic mass is 10.2. The smallest absolute Gasteiger partial charge is 0.212 e. The SMILES string of the molecule is CO/N=C(\NC=O)c1ccc(Br)cc1. The number of nitrogens with zero attached hydrogens (tertiary/aromatic N) is 1. The largest absolute Gasteiger partial charge is 0.397 e. The van der Waals surface area contributed by atoms with Crippen LogP contribution in [-0.2, 0) is 9.63 Å². The Labute approximate surface area is 90.1 Å². The summed E-state index contributed by atoms with van der Waals surface area (Å²) >= 11 is 3.31. The van der Waals surface area contributed by atoms with Crippen LogP contribution in [-0.4, -0.2) is 19.4 Å². The van der Waals surface area contributed by atoms with Crippen molar-refractivity contribution in [3.8, 4) is 0 Å². The van der Waals surface area contributed by atoms with Crippen LogP contribution < -0.4 is 5.32 Å². The Bertz CT molecular complexity index is 335. The van der Waals surface area contributed by atoms with E-state index in [1.807, 2.05) is 24.3 Å². The molecule has 0 atom stereocenters. The first-order chi connectivity index (χ1) is 6.77. The lowest BCUT2D eigenvalue weighted by molar-refractivity contribution is -0.108. The molecule has 0 unspecified atom stereocenters. The van der Waals surface area contributed by atoms with Gasteiger partial charge in [-0.2, -0.15) is 0 Å². The zero-order valence-corrected chi connectivity index (χ0v) is 9.11. The second-order valence-corrected chi connectivity index (χ2v) is 3.31. The van der Waals surface area contributed by atoms with E-state index in [-0.39, 0.29) is 0 Å². The summed E-state index contributed by atoms with van der Waals surface area (Å²) in [6, 6.07) is 7.34. The topological polar surface area (TPSA) is 50.7 Å². The molecule has 14 heavy (non-hydrogen) atoms. The van der Waals surface area contributed by atoms with E-state index in [4.69, 9.17) is 0 Å². The Balaban J connectivity index is 2.93. The molecule has 1 rings (SSSR count). The molecule has 0 aliphatic rings. The molecular formula is C9H9BrN2O2. The van der Waals surface area contributed by atoms with Crippen LogP contribution in [0.3, 0.4) is 0 Å². The molecule has 1 aromatic rings. The van der Waals surface area contributed by atoms with Crippen molar-refractivity contribution in [2.24, 2.45) is 5.16 Å². The van der Waals surface area contributed by atoms with Crippen molar-refractivity contribution in [3.05, 3.63) is 34.3 Å². The lowest BCUT2D eigenvalue weighted by Gasteiger charge is -2.03. The number of hydrogen-bond donors (Lipinski definition) is 1. The first kappa shape index (κ1) is 10.7. The van der Waals surface area contributed by atoms with Gasteiger partial charge in [0.1, 0.15) is 7.11 Å². The van der Waals surface area contributed by atoms with Crippen LogP contribution in [0.5, 0.6) is 0 Å². The number of benzene rings is 1. The van der Waals surface area contributed by atoms with E-state index < -0.39 is 0 Å². The summed E-state index contributed by atoms with van der Waals surface area (Å²) in [6.45, 7) is 0. The van der Waals surface area contributed by atoms with Crippen molar-refractivity contribution in [2.75, 3.05) is 7.11 Å². The van der Waals surface area contributed by atoms with E-state index >= 15 is 0 Å². The first-order valence-electron chi connectivity index (χ1n) is 3.85. The molecular weight excluding hydrogens is 248 g/mol. The predicted octanol–water partition coefficient (Wildman–Crippen LogP) is 1.50. The van der Waals surface area contributed by atoms with Crippen LogP contribution in [0.25, 0.3) is 0 Å². The third-order valence-electron chi connectivity index (χ3n) is 1.50. The predicted molar refractivity (Wildman–Crippen MR) is 56.9 cm³/mol. The van der Waals surface area contributed by atoms with E-state index in [9.17, 15) is 4.79 Å². The van der Waals surface area contributed by atoms with Gasteiger partial charge in [0.05, 0.1) is 0 Å². The fourth-order valence-corrected chi connectivity index (χ4v) is 1.18. The minimum absolute atomic E-state index is 0.384. The highest BCUT2D eigenvalue weighted by molar-refractivity contribution is 9.10. The number of amides is 1. The van der Waals surface area contributed by atoms with E-state index in [1.54, 1.807) is 0 Å². The molecule has 0 aliphatic carbocycles. The van der Waals surface area contributed by atoms with E-state index in [0.29, 0.717) is 12.2 Å². The summed E-state index contributed by atoms with van der Waals surface area (Å²) in [5.74, 6) is 0.384. The molecule has 5 heteroatoms. The molecule has 0 spiro atoms. The molecule has 1 amide bonds. The monoisotopic (exact) mass is 256 g/mol. The van der Waals surface area contributed by atoms with Crippen LogP contribution in [0.15, 0.2) is 33.9 Å². The van der Waals surface area contributed by atoms with Crippen LogP contribution in [0.2, 0.25) is 0 Å². The fourth-order valence-electron chi connectivity index (χ4n) is 0.917. The number of halogens is 1. The summed E-state index contributed by atoms with van der Waals surface area (Å²) in [5.41, 5.74) is 0.780. The molecule has 0 saturated carbocycles. The van der Waals surface area contributed by atoms with Crippen LogP contribution in [0.4, 0.5) is 0 Å². The number of nitrogens with one attached hydrogen (secondary N) is 1. The Hall–Kier alpha value is -1.36. The normalized spacial score (nSPS) is 10.9. The van der Waals surface area contributed by atoms with Crippen molar-refractivity contribution in [1.82, 2.24) is 5.32 Å². The van der Waals surface area contributed by atoms with Gasteiger partial charge in [-0.15, -0.1) is 0 Å². The molecule has 0 fully saturated rings. The van der Waals surface area contributed by atoms with Gasteiger partial charge in [-0.1, -0.05) is 33.2 Å². The zero-order chi connectivity index (χ0) is 10.4.